The van der Waals surface area contributed by atoms with Crippen molar-refractivity contribution in [3.63, 3.8) is 0 Å². The maximum absolute atomic E-state index is 12.8. The van der Waals surface area contributed by atoms with Crippen molar-refractivity contribution in [1.29, 1.82) is 5.26 Å². The predicted octanol–water partition coefficient (Wildman–Crippen LogP) is 4.92. The Kier molecular flexibility index (Phi) is 8.04. The molecule has 0 bridgehead atoms. The van der Waals surface area contributed by atoms with Crippen LogP contribution in [0, 0.1) is 25.2 Å². The third-order valence-corrected chi connectivity index (χ3v) is 6.13. The van der Waals surface area contributed by atoms with E-state index in [1.165, 1.54) is 6.20 Å². The number of carbonyl (C=O) groups excluding carboxylic acids is 2. The Morgan fingerprint density at radius 2 is 1.97 bits per heavy atom. The zero-order valence-corrected chi connectivity index (χ0v) is 21.9. The van der Waals surface area contributed by atoms with Crippen molar-refractivity contribution in [2.45, 2.75) is 59.7 Å². The highest BCUT2D eigenvalue weighted by Crippen LogP contribution is 2.27. The van der Waals surface area contributed by atoms with Gasteiger partial charge in [0.1, 0.15) is 17.4 Å². The molecule has 1 atom stereocenters. The summed E-state index contributed by atoms with van der Waals surface area (Å²) in [5, 5.41) is 12.5. The van der Waals surface area contributed by atoms with E-state index < -0.39 is 5.60 Å². The summed E-state index contributed by atoms with van der Waals surface area (Å²) in [4.78, 5) is 33.4. The number of piperazine rings is 1. The van der Waals surface area contributed by atoms with Crippen LogP contribution in [-0.2, 0) is 11.3 Å². The van der Waals surface area contributed by atoms with Crippen LogP contribution in [-0.4, -0.2) is 58.1 Å². The number of halogens is 1. The van der Waals surface area contributed by atoms with Crippen molar-refractivity contribution in [2.75, 3.05) is 25.0 Å². The third kappa shape index (κ3) is 6.71. The Bertz CT molecular complexity index is 1170. The van der Waals surface area contributed by atoms with Crippen LogP contribution in [0.25, 0.3) is 0 Å². The fourth-order valence-corrected chi connectivity index (χ4v) is 4.29. The molecule has 0 saturated carbocycles. The maximum atomic E-state index is 12.8. The van der Waals surface area contributed by atoms with Crippen molar-refractivity contribution in [3.05, 3.63) is 57.4 Å². The lowest BCUT2D eigenvalue weighted by molar-refractivity contribution is 0.000535. The number of pyridine rings is 1. The smallest absolute Gasteiger partial charge is 0.410 e. The van der Waals surface area contributed by atoms with E-state index in [1.807, 2.05) is 46.8 Å². The molecule has 1 unspecified atom stereocenters. The summed E-state index contributed by atoms with van der Waals surface area (Å²) < 4.78 is 5.54. The molecule has 2 aromatic rings. The molecule has 1 N–H and O–H groups in total. The summed E-state index contributed by atoms with van der Waals surface area (Å²) in [6.07, 6.45) is 1.11. The molecule has 1 aromatic carbocycles. The van der Waals surface area contributed by atoms with Gasteiger partial charge < -0.3 is 15.0 Å². The molecule has 0 aliphatic carbocycles. The number of aromatic nitrogens is 1. The van der Waals surface area contributed by atoms with E-state index in [4.69, 9.17) is 21.6 Å². The molecule has 186 valence electrons. The van der Waals surface area contributed by atoms with E-state index in [1.54, 1.807) is 24.0 Å². The molecule has 1 aliphatic heterocycles. The van der Waals surface area contributed by atoms with Crippen LogP contribution in [0.4, 0.5) is 10.5 Å². The van der Waals surface area contributed by atoms with Gasteiger partial charge in [-0.05, 0) is 76.4 Å². The predicted molar refractivity (Wildman–Crippen MR) is 136 cm³/mol. The van der Waals surface area contributed by atoms with E-state index >= 15 is 0 Å². The number of nitriles is 1. The van der Waals surface area contributed by atoms with Gasteiger partial charge in [0.05, 0.1) is 5.56 Å². The molecule has 8 nitrogen and oxygen atoms in total. The lowest BCUT2D eigenvalue weighted by Gasteiger charge is -2.40. The van der Waals surface area contributed by atoms with Crippen LogP contribution >= 0.6 is 11.6 Å². The van der Waals surface area contributed by atoms with Gasteiger partial charge in [-0.15, -0.1) is 0 Å². The molecular formula is C26H32ClN5O3. The van der Waals surface area contributed by atoms with Gasteiger partial charge in [-0.25, -0.2) is 9.78 Å². The number of aryl methyl sites for hydroxylation is 1. The van der Waals surface area contributed by atoms with Crippen molar-refractivity contribution >= 4 is 29.3 Å². The number of nitrogens with zero attached hydrogens (tertiary/aromatic N) is 4. The minimum atomic E-state index is -0.529. The number of rotatable bonds is 4. The summed E-state index contributed by atoms with van der Waals surface area (Å²) in [5.74, 6) is -0.319. The van der Waals surface area contributed by atoms with E-state index in [9.17, 15) is 9.59 Å². The molecule has 1 aliphatic rings. The number of nitrogens with one attached hydrogen (secondary N) is 1. The van der Waals surface area contributed by atoms with Gasteiger partial charge in [0, 0.05) is 49.1 Å². The molecule has 2 heterocycles. The average molecular weight is 498 g/mol. The molecule has 1 saturated heterocycles. The highest BCUT2D eigenvalue weighted by atomic mass is 35.5. The number of benzene rings is 1. The molecule has 0 spiro atoms. The Morgan fingerprint density at radius 1 is 1.26 bits per heavy atom. The summed E-state index contributed by atoms with van der Waals surface area (Å²) in [7, 11) is 0. The van der Waals surface area contributed by atoms with Gasteiger partial charge in [0.2, 0.25) is 0 Å². The molecular weight excluding hydrogens is 466 g/mol. The monoisotopic (exact) mass is 497 g/mol. The lowest BCUT2D eigenvalue weighted by atomic mass is 10.0. The lowest BCUT2D eigenvalue weighted by Crippen LogP contribution is -2.54. The van der Waals surface area contributed by atoms with Crippen molar-refractivity contribution in [1.82, 2.24) is 14.8 Å². The first kappa shape index (κ1) is 26.5. The molecule has 9 heteroatoms. The SMILES string of the molecule is Cc1cc(C(=O)Nc2cc(Cl)cc(CN3CCN(C(=O)OC(C)(C)C)C(C)C3)c2C)cnc1C#N. The summed E-state index contributed by atoms with van der Waals surface area (Å²) in [6.45, 7) is 13.9. The number of anilines is 1. The van der Waals surface area contributed by atoms with Crippen molar-refractivity contribution < 1.29 is 14.3 Å². The normalized spacial score (nSPS) is 16.5. The third-order valence-electron chi connectivity index (χ3n) is 5.91. The summed E-state index contributed by atoms with van der Waals surface area (Å²) in [6, 6.07) is 7.29. The minimum Gasteiger partial charge on any atom is -0.444 e. The van der Waals surface area contributed by atoms with Gasteiger partial charge in [0.15, 0.2) is 0 Å². The fourth-order valence-electron chi connectivity index (χ4n) is 4.05. The highest BCUT2D eigenvalue weighted by Gasteiger charge is 2.31. The molecule has 0 radical (unpaired) electrons. The largest absolute Gasteiger partial charge is 0.444 e. The second kappa shape index (κ2) is 10.6. The first-order chi connectivity index (χ1) is 16.4. The Morgan fingerprint density at radius 3 is 2.57 bits per heavy atom. The zero-order chi connectivity index (χ0) is 25.9. The minimum absolute atomic E-state index is 0.00406. The van der Waals surface area contributed by atoms with Gasteiger partial charge in [-0.1, -0.05) is 11.6 Å². The van der Waals surface area contributed by atoms with Crippen LogP contribution in [0.15, 0.2) is 24.4 Å². The zero-order valence-electron chi connectivity index (χ0n) is 21.1. The second-order valence-corrected chi connectivity index (χ2v) is 10.4. The molecule has 2 amide bonds. The van der Waals surface area contributed by atoms with Crippen LogP contribution in [0.5, 0.6) is 0 Å². The maximum Gasteiger partial charge on any atom is 0.410 e. The van der Waals surface area contributed by atoms with Crippen molar-refractivity contribution in [2.24, 2.45) is 0 Å². The van der Waals surface area contributed by atoms with Crippen LogP contribution in [0.2, 0.25) is 5.02 Å². The van der Waals surface area contributed by atoms with Crippen LogP contribution < -0.4 is 5.32 Å². The first-order valence-electron chi connectivity index (χ1n) is 11.6. The van der Waals surface area contributed by atoms with Crippen LogP contribution in [0.3, 0.4) is 0 Å². The van der Waals surface area contributed by atoms with E-state index in [0.717, 1.165) is 11.1 Å². The Balaban J connectivity index is 1.70. The molecule has 3 rings (SSSR count). The van der Waals surface area contributed by atoms with Gasteiger partial charge >= 0.3 is 6.09 Å². The van der Waals surface area contributed by atoms with Crippen LogP contribution in [0.1, 0.15) is 60.4 Å². The first-order valence-corrected chi connectivity index (χ1v) is 11.9. The van der Waals surface area contributed by atoms with Gasteiger partial charge in [-0.3, -0.25) is 9.69 Å². The van der Waals surface area contributed by atoms with Crippen molar-refractivity contribution in [3.8, 4) is 6.07 Å². The van der Waals surface area contributed by atoms with Gasteiger partial charge in [-0.2, -0.15) is 5.26 Å². The summed E-state index contributed by atoms with van der Waals surface area (Å²) in [5.41, 5.74) is 3.32. The molecule has 1 fully saturated rings. The molecule has 1 aromatic heterocycles. The number of ether oxygens (including phenoxy) is 1. The summed E-state index contributed by atoms with van der Waals surface area (Å²) >= 11 is 6.40. The number of carbonyl (C=O) groups is 2. The van der Waals surface area contributed by atoms with E-state index in [-0.39, 0.29) is 18.0 Å². The number of hydrogen-bond acceptors (Lipinski definition) is 6. The Hall–Kier alpha value is -3.15. The number of hydrogen-bond donors (Lipinski definition) is 1. The van der Waals surface area contributed by atoms with E-state index in [2.05, 4.69) is 15.2 Å². The Labute approximate surface area is 211 Å². The van der Waals surface area contributed by atoms with Gasteiger partial charge in [0.25, 0.3) is 5.91 Å². The van der Waals surface area contributed by atoms with E-state index in [0.29, 0.717) is 53.7 Å². The second-order valence-electron chi connectivity index (χ2n) is 9.95. The average Bonchev–Trinajstić information content (AvgIpc) is 2.75. The standard InChI is InChI=1S/C26H32ClN5O3/c1-16-9-19(13-29-23(16)12-28)24(33)30-22-11-21(27)10-20(18(22)3)15-31-7-8-32(17(2)14-31)25(34)35-26(4,5)6/h9-11,13,17H,7-8,14-15H2,1-6H3,(H,30,33). The topological polar surface area (TPSA) is 98.6 Å². The number of amides is 2. The molecule has 35 heavy (non-hydrogen) atoms. The highest BCUT2D eigenvalue weighted by molar-refractivity contribution is 6.31. The fraction of sp³-hybridized carbons (Fsp3) is 0.462. The quantitative estimate of drug-likeness (QED) is 0.643.